The Labute approximate surface area is 114 Å². The van der Waals surface area contributed by atoms with E-state index in [1.54, 1.807) is 6.20 Å². The maximum Gasteiger partial charge on any atom is 0.272 e. The summed E-state index contributed by atoms with van der Waals surface area (Å²) in [6.45, 7) is 4.65. The number of rotatable bonds is 3. The van der Waals surface area contributed by atoms with Crippen LogP contribution in [0.1, 0.15) is 23.8 Å². The number of likely N-dealkylation sites (N-methyl/N-ethyl adjacent to an activating group) is 1. The van der Waals surface area contributed by atoms with E-state index in [9.17, 15) is 4.79 Å². The van der Waals surface area contributed by atoms with Gasteiger partial charge in [0.05, 0.1) is 0 Å². The summed E-state index contributed by atoms with van der Waals surface area (Å²) in [6.07, 6.45) is 2.73. The summed E-state index contributed by atoms with van der Waals surface area (Å²) in [7, 11) is 3.96. The summed E-state index contributed by atoms with van der Waals surface area (Å²) < 4.78 is 0. The van der Waals surface area contributed by atoms with Gasteiger partial charge in [-0.3, -0.25) is 14.7 Å². The molecular weight excluding hydrogens is 240 g/mol. The Morgan fingerprint density at radius 3 is 3.00 bits per heavy atom. The standard InChI is InChI=1S/C14H22N4O/c1-4-12-10-18(8-7-17(12)3)14(19)13-9-11(15-2)5-6-16-13/h5-6,9,12H,4,7-8,10H2,1-3H3,(H,15,16). The van der Waals surface area contributed by atoms with Crippen molar-refractivity contribution in [2.24, 2.45) is 0 Å². The number of carbonyl (C=O) groups is 1. The Bertz CT molecular complexity index is 449. The van der Waals surface area contributed by atoms with E-state index in [2.05, 4.69) is 29.2 Å². The van der Waals surface area contributed by atoms with Gasteiger partial charge < -0.3 is 10.2 Å². The van der Waals surface area contributed by atoms with Crippen molar-refractivity contribution in [2.45, 2.75) is 19.4 Å². The Morgan fingerprint density at radius 2 is 2.32 bits per heavy atom. The maximum absolute atomic E-state index is 12.5. The number of aromatic nitrogens is 1. The zero-order chi connectivity index (χ0) is 13.8. The molecule has 1 aliphatic rings. The van der Waals surface area contributed by atoms with Gasteiger partial charge in [0.25, 0.3) is 5.91 Å². The Balaban J connectivity index is 2.10. The highest BCUT2D eigenvalue weighted by atomic mass is 16.2. The van der Waals surface area contributed by atoms with Crippen LogP contribution in [-0.4, -0.2) is 60.5 Å². The molecule has 1 aromatic rings. The van der Waals surface area contributed by atoms with Crippen molar-refractivity contribution in [3.63, 3.8) is 0 Å². The molecule has 0 spiro atoms. The zero-order valence-corrected chi connectivity index (χ0v) is 11.9. The molecule has 1 atom stereocenters. The molecule has 1 N–H and O–H groups in total. The van der Waals surface area contributed by atoms with Crippen molar-refractivity contribution in [1.82, 2.24) is 14.8 Å². The van der Waals surface area contributed by atoms with Gasteiger partial charge in [-0.15, -0.1) is 0 Å². The van der Waals surface area contributed by atoms with Crippen LogP contribution in [0.2, 0.25) is 0 Å². The summed E-state index contributed by atoms with van der Waals surface area (Å²) in [6, 6.07) is 4.11. The Morgan fingerprint density at radius 1 is 1.53 bits per heavy atom. The summed E-state index contributed by atoms with van der Waals surface area (Å²) >= 11 is 0. The molecule has 5 nitrogen and oxygen atoms in total. The fraction of sp³-hybridized carbons (Fsp3) is 0.571. The van der Waals surface area contributed by atoms with Gasteiger partial charge in [-0.05, 0) is 25.6 Å². The number of anilines is 1. The molecule has 0 aromatic carbocycles. The number of piperazine rings is 1. The van der Waals surface area contributed by atoms with Crippen molar-refractivity contribution in [3.8, 4) is 0 Å². The smallest absolute Gasteiger partial charge is 0.272 e. The molecular formula is C14H22N4O. The molecule has 2 heterocycles. The molecule has 19 heavy (non-hydrogen) atoms. The number of hydrogen-bond acceptors (Lipinski definition) is 4. The molecule has 1 unspecified atom stereocenters. The average Bonchev–Trinajstić information content (AvgIpc) is 2.47. The second-order valence-corrected chi connectivity index (χ2v) is 4.97. The van der Waals surface area contributed by atoms with E-state index in [-0.39, 0.29) is 5.91 Å². The molecule has 0 aliphatic carbocycles. The first kappa shape index (κ1) is 13.8. The summed E-state index contributed by atoms with van der Waals surface area (Å²) in [4.78, 5) is 20.9. The molecule has 5 heteroatoms. The van der Waals surface area contributed by atoms with E-state index < -0.39 is 0 Å². The molecule has 2 rings (SSSR count). The first-order chi connectivity index (χ1) is 9.15. The topological polar surface area (TPSA) is 48.5 Å². The number of nitrogens with zero attached hydrogens (tertiary/aromatic N) is 3. The van der Waals surface area contributed by atoms with Gasteiger partial charge in [-0.1, -0.05) is 6.92 Å². The fourth-order valence-corrected chi connectivity index (χ4v) is 2.44. The van der Waals surface area contributed by atoms with Crippen LogP contribution in [0.25, 0.3) is 0 Å². The minimum atomic E-state index is 0.0312. The minimum Gasteiger partial charge on any atom is -0.388 e. The first-order valence-corrected chi connectivity index (χ1v) is 6.79. The van der Waals surface area contributed by atoms with Crippen LogP contribution in [0.5, 0.6) is 0 Å². The van der Waals surface area contributed by atoms with Crippen molar-refractivity contribution >= 4 is 11.6 Å². The predicted molar refractivity (Wildman–Crippen MR) is 76.4 cm³/mol. The number of hydrogen-bond donors (Lipinski definition) is 1. The second kappa shape index (κ2) is 6.02. The third-order valence-electron chi connectivity index (χ3n) is 3.80. The normalized spacial score (nSPS) is 20.4. The average molecular weight is 262 g/mol. The maximum atomic E-state index is 12.5. The van der Waals surface area contributed by atoms with Crippen LogP contribution < -0.4 is 5.32 Å². The van der Waals surface area contributed by atoms with Gasteiger partial charge in [0.1, 0.15) is 5.69 Å². The van der Waals surface area contributed by atoms with E-state index >= 15 is 0 Å². The molecule has 1 fully saturated rings. The Kier molecular flexibility index (Phi) is 4.37. The molecule has 0 bridgehead atoms. The monoisotopic (exact) mass is 262 g/mol. The van der Waals surface area contributed by atoms with Crippen molar-refractivity contribution in [2.75, 3.05) is 39.0 Å². The molecule has 0 radical (unpaired) electrons. The van der Waals surface area contributed by atoms with E-state index in [1.807, 2.05) is 24.1 Å². The summed E-state index contributed by atoms with van der Waals surface area (Å²) in [5.41, 5.74) is 1.44. The molecule has 104 valence electrons. The molecule has 1 amide bonds. The van der Waals surface area contributed by atoms with Gasteiger partial charge in [0.15, 0.2) is 0 Å². The van der Waals surface area contributed by atoms with Gasteiger partial charge in [-0.2, -0.15) is 0 Å². The molecule has 1 aliphatic heterocycles. The van der Waals surface area contributed by atoms with Gasteiger partial charge in [-0.25, -0.2) is 0 Å². The number of carbonyl (C=O) groups excluding carboxylic acids is 1. The lowest BCUT2D eigenvalue weighted by molar-refractivity contribution is 0.0536. The molecule has 1 saturated heterocycles. The van der Waals surface area contributed by atoms with Gasteiger partial charge in [0.2, 0.25) is 0 Å². The largest absolute Gasteiger partial charge is 0.388 e. The van der Waals surface area contributed by atoms with Crippen LogP contribution in [0.4, 0.5) is 5.69 Å². The van der Waals surface area contributed by atoms with E-state index in [4.69, 9.17) is 0 Å². The van der Waals surface area contributed by atoms with Crippen LogP contribution in [0.15, 0.2) is 18.3 Å². The highest BCUT2D eigenvalue weighted by Crippen LogP contribution is 2.15. The SMILES string of the molecule is CCC1CN(C(=O)c2cc(NC)ccn2)CCN1C. The van der Waals surface area contributed by atoms with Gasteiger partial charge >= 0.3 is 0 Å². The zero-order valence-electron chi connectivity index (χ0n) is 11.9. The van der Waals surface area contributed by atoms with Crippen LogP contribution in [0, 0.1) is 0 Å². The minimum absolute atomic E-state index is 0.0312. The van der Waals surface area contributed by atoms with Crippen molar-refractivity contribution in [3.05, 3.63) is 24.0 Å². The summed E-state index contributed by atoms with van der Waals surface area (Å²) in [5.74, 6) is 0.0312. The highest BCUT2D eigenvalue weighted by molar-refractivity contribution is 5.93. The Hall–Kier alpha value is -1.62. The third-order valence-corrected chi connectivity index (χ3v) is 3.80. The van der Waals surface area contributed by atoms with Crippen molar-refractivity contribution < 1.29 is 4.79 Å². The fourth-order valence-electron chi connectivity index (χ4n) is 2.44. The number of amides is 1. The summed E-state index contributed by atoms with van der Waals surface area (Å²) in [5, 5.41) is 3.03. The number of nitrogens with one attached hydrogen (secondary N) is 1. The molecule has 0 saturated carbocycles. The molecule has 1 aromatic heterocycles. The third kappa shape index (κ3) is 3.04. The van der Waals surface area contributed by atoms with Crippen LogP contribution in [-0.2, 0) is 0 Å². The van der Waals surface area contributed by atoms with E-state index in [0.717, 1.165) is 31.7 Å². The predicted octanol–water partition coefficient (Wildman–Crippen LogP) is 1.29. The lowest BCUT2D eigenvalue weighted by Gasteiger charge is -2.39. The van der Waals surface area contributed by atoms with Crippen LogP contribution in [0.3, 0.4) is 0 Å². The van der Waals surface area contributed by atoms with Gasteiger partial charge in [0, 0.05) is 44.6 Å². The second-order valence-electron chi connectivity index (χ2n) is 4.97. The van der Waals surface area contributed by atoms with Crippen molar-refractivity contribution in [1.29, 1.82) is 0 Å². The lowest BCUT2D eigenvalue weighted by atomic mass is 10.1. The number of pyridine rings is 1. The first-order valence-electron chi connectivity index (χ1n) is 6.79. The van der Waals surface area contributed by atoms with Crippen LogP contribution >= 0.6 is 0 Å². The lowest BCUT2D eigenvalue weighted by Crippen LogP contribution is -2.53. The van der Waals surface area contributed by atoms with E-state index in [0.29, 0.717) is 11.7 Å². The highest BCUT2D eigenvalue weighted by Gasteiger charge is 2.27. The quantitative estimate of drug-likeness (QED) is 0.891. The van der Waals surface area contributed by atoms with E-state index in [1.165, 1.54) is 0 Å².